The lowest BCUT2D eigenvalue weighted by atomic mass is 9.84. The van der Waals surface area contributed by atoms with Gasteiger partial charge >= 0.3 is 0 Å². The van der Waals surface area contributed by atoms with Crippen LogP contribution in [0.2, 0.25) is 0 Å². The van der Waals surface area contributed by atoms with E-state index in [1.54, 1.807) is 0 Å². The first-order valence-corrected chi connectivity index (χ1v) is 7.78. The third-order valence-corrected chi connectivity index (χ3v) is 4.56. The molecule has 3 N–H and O–H groups in total. The van der Waals surface area contributed by atoms with Crippen molar-refractivity contribution in [2.45, 2.75) is 31.7 Å². The molecular formula is C18H23ClN2O. The van der Waals surface area contributed by atoms with Gasteiger partial charge in [-0.3, -0.25) is 4.79 Å². The molecule has 0 spiro atoms. The zero-order valence-electron chi connectivity index (χ0n) is 12.6. The van der Waals surface area contributed by atoms with E-state index in [2.05, 4.69) is 5.32 Å². The minimum atomic E-state index is 0. The predicted molar refractivity (Wildman–Crippen MR) is 93.5 cm³/mol. The first-order chi connectivity index (χ1) is 10.3. The molecule has 4 heteroatoms. The second-order valence-corrected chi connectivity index (χ2v) is 5.89. The molecule has 118 valence electrons. The van der Waals surface area contributed by atoms with E-state index in [0.29, 0.717) is 12.5 Å². The largest absolute Gasteiger partial charge is 0.349 e. The summed E-state index contributed by atoms with van der Waals surface area (Å²) >= 11 is 0. The number of nitrogens with one attached hydrogen (secondary N) is 1. The molecule has 3 nitrogen and oxygen atoms in total. The van der Waals surface area contributed by atoms with E-state index >= 15 is 0 Å². The number of hydrogen-bond donors (Lipinski definition) is 2. The number of halogens is 1. The summed E-state index contributed by atoms with van der Waals surface area (Å²) in [5.41, 5.74) is 6.61. The molecule has 0 heterocycles. The van der Waals surface area contributed by atoms with Gasteiger partial charge in [-0.25, -0.2) is 0 Å². The first kappa shape index (κ1) is 16.8. The molecule has 0 radical (unpaired) electrons. The van der Waals surface area contributed by atoms with Gasteiger partial charge in [0.1, 0.15) is 0 Å². The molecular weight excluding hydrogens is 296 g/mol. The highest BCUT2D eigenvalue weighted by Gasteiger charge is 2.25. The van der Waals surface area contributed by atoms with Crippen LogP contribution in [0.25, 0.3) is 10.8 Å². The minimum Gasteiger partial charge on any atom is -0.349 e. The molecule has 0 saturated heterocycles. The van der Waals surface area contributed by atoms with Crippen molar-refractivity contribution in [3.8, 4) is 0 Å². The van der Waals surface area contributed by atoms with Gasteiger partial charge in [0.25, 0.3) is 5.91 Å². The van der Waals surface area contributed by atoms with Crippen LogP contribution in [-0.4, -0.2) is 18.5 Å². The molecule has 0 aliphatic heterocycles. The molecule has 2 atom stereocenters. The van der Waals surface area contributed by atoms with E-state index in [1.807, 2.05) is 42.5 Å². The molecule has 1 aliphatic carbocycles. The average molecular weight is 319 g/mol. The Morgan fingerprint density at radius 3 is 2.64 bits per heavy atom. The van der Waals surface area contributed by atoms with Crippen molar-refractivity contribution in [3.05, 3.63) is 48.0 Å². The van der Waals surface area contributed by atoms with Crippen LogP contribution < -0.4 is 11.1 Å². The number of fused-ring (bicyclic) bond motifs is 1. The molecule has 3 rings (SSSR count). The fourth-order valence-electron chi connectivity index (χ4n) is 3.35. The van der Waals surface area contributed by atoms with Gasteiger partial charge in [0.2, 0.25) is 0 Å². The van der Waals surface area contributed by atoms with Gasteiger partial charge in [0, 0.05) is 11.6 Å². The summed E-state index contributed by atoms with van der Waals surface area (Å²) < 4.78 is 0. The van der Waals surface area contributed by atoms with Crippen LogP contribution in [-0.2, 0) is 0 Å². The number of nitrogens with two attached hydrogens (primary N) is 1. The number of benzene rings is 2. The lowest BCUT2D eigenvalue weighted by Gasteiger charge is -2.31. The molecule has 2 aromatic rings. The topological polar surface area (TPSA) is 55.1 Å². The molecule has 1 fully saturated rings. The molecule has 0 aromatic heterocycles. The molecule has 2 unspecified atom stereocenters. The van der Waals surface area contributed by atoms with Gasteiger partial charge in [-0.15, -0.1) is 12.4 Å². The van der Waals surface area contributed by atoms with Crippen LogP contribution in [0.5, 0.6) is 0 Å². The Labute approximate surface area is 137 Å². The summed E-state index contributed by atoms with van der Waals surface area (Å²) in [4.78, 5) is 12.6. The fourth-order valence-corrected chi connectivity index (χ4v) is 3.35. The van der Waals surface area contributed by atoms with Crippen LogP contribution in [0.15, 0.2) is 42.5 Å². The summed E-state index contributed by atoms with van der Waals surface area (Å²) in [7, 11) is 0. The van der Waals surface area contributed by atoms with Crippen molar-refractivity contribution in [3.63, 3.8) is 0 Å². The molecule has 1 saturated carbocycles. The second kappa shape index (κ2) is 7.61. The zero-order valence-corrected chi connectivity index (χ0v) is 13.4. The van der Waals surface area contributed by atoms with Gasteiger partial charge in [0.05, 0.1) is 0 Å². The summed E-state index contributed by atoms with van der Waals surface area (Å²) in [6, 6.07) is 14.1. The lowest BCUT2D eigenvalue weighted by Crippen LogP contribution is -2.44. The molecule has 1 aliphatic rings. The number of rotatable bonds is 3. The Balaban J connectivity index is 0.00000176. The Hall–Kier alpha value is -1.58. The first-order valence-electron chi connectivity index (χ1n) is 7.78. The van der Waals surface area contributed by atoms with Crippen molar-refractivity contribution in [1.29, 1.82) is 0 Å². The highest BCUT2D eigenvalue weighted by Crippen LogP contribution is 2.25. The van der Waals surface area contributed by atoms with E-state index < -0.39 is 0 Å². The third-order valence-electron chi connectivity index (χ3n) is 4.56. The standard InChI is InChI=1S/C18H22N2O.ClH/c19-12-14-7-2-4-11-17(14)20-18(21)16-10-5-8-13-6-1-3-9-15(13)16;/h1,3,5-6,8-10,14,17H,2,4,7,11-12,19H2,(H,20,21);1H. The normalized spacial score (nSPS) is 21.1. The van der Waals surface area contributed by atoms with Gasteiger partial charge in [-0.2, -0.15) is 0 Å². The Morgan fingerprint density at radius 1 is 1.09 bits per heavy atom. The SMILES string of the molecule is Cl.NCC1CCCCC1NC(=O)c1cccc2ccccc12. The molecule has 0 bridgehead atoms. The van der Waals surface area contributed by atoms with Crippen LogP contribution in [0.4, 0.5) is 0 Å². The van der Waals surface area contributed by atoms with Gasteiger partial charge < -0.3 is 11.1 Å². The number of carbonyl (C=O) groups excluding carboxylic acids is 1. The fraction of sp³-hybridized carbons (Fsp3) is 0.389. The zero-order chi connectivity index (χ0) is 14.7. The van der Waals surface area contributed by atoms with Crippen LogP contribution in [0.3, 0.4) is 0 Å². The van der Waals surface area contributed by atoms with Gasteiger partial charge in [-0.05, 0) is 42.1 Å². The second-order valence-electron chi connectivity index (χ2n) is 5.89. The van der Waals surface area contributed by atoms with E-state index in [4.69, 9.17) is 5.73 Å². The van der Waals surface area contributed by atoms with Gasteiger partial charge in [0.15, 0.2) is 0 Å². The molecule has 1 amide bonds. The maximum atomic E-state index is 12.6. The summed E-state index contributed by atoms with van der Waals surface area (Å²) in [6.45, 7) is 0.653. The third kappa shape index (κ3) is 3.42. The average Bonchev–Trinajstić information content (AvgIpc) is 2.54. The van der Waals surface area contributed by atoms with Crippen molar-refractivity contribution in [2.75, 3.05) is 6.54 Å². The van der Waals surface area contributed by atoms with Crippen molar-refractivity contribution in [1.82, 2.24) is 5.32 Å². The Kier molecular flexibility index (Phi) is 5.81. The van der Waals surface area contributed by atoms with Crippen molar-refractivity contribution >= 4 is 29.1 Å². The van der Waals surface area contributed by atoms with E-state index in [1.165, 1.54) is 12.8 Å². The summed E-state index contributed by atoms with van der Waals surface area (Å²) in [5.74, 6) is 0.440. The highest BCUT2D eigenvalue weighted by molar-refractivity contribution is 6.07. The van der Waals surface area contributed by atoms with Crippen molar-refractivity contribution < 1.29 is 4.79 Å². The maximum Gasteiger partial charge on any atom is 0.252 e. The highest BCUT2D eigenvalue weighted by atomic mass is 35.5. The van der Waals surface area contributed by atoms with Crippen LogP contribution >= 0.6 is 12.4 Å². The van der Waals surface area contributed by atoms with Crippen LogP contribution in [0, 0.1) is 5.92 Å². The number of hydrogen-bond acceptors (Lipinski definition) is 2. The quantitative estimate of drug-likeness (QED) is 0.910. The summed E-state index contributed by atoms with van der Waals surface area (Å²) in [6.07, 6.45) is 4.56. The lowest BCUT2D eigenvalue weighted by molar-refractivity contribution is 0.0910. The van der Waals surface area contributed by atoms with E-state index in [0.717, 1.165) is 29.2 Å². The monoisotopic (exact) mass is 318 g/mol. The van der Waals surface area contributed by atoms with Crippen LogP contribution in [0.1, 0.15) is 36.0 Å². The van der Waals surface area contributed by atoms with E-state index in [-0.39, 0.29) is 24.4 Å². The predicted octanol–water partition coefficient (Wildman–Crippen LogP) is 3.51. The molecule has 22 heavy (non-hydrogen) atoms. The maximum absolute atomic E-state index is 12.6. The Bertz CT molecular complexity index is 639. The summed E-state index contributed by atoms with van der Waals surface area (Å²) in [5, 5.41) is 5.32. The smallest absolute Gasteiger partial charge is 0.252 e. The molecule has 2 aromatic carbocycles. The number of amides is 1. The Morgan fingerprint density at radius 2 is 1.82 bits per heavy atom. The minimum absolute atomic E-state index is 0. The van der Waals surface area contributed by atoms with Gasteiger partial charge in [-0.1, -0.05) is 49.2 Å². The van der Waals surface area contributed by atoms with E-state index in [9.17, 15) is 4.79 Å². The van der Waals surface area contributed by atoms with Crippen molar-refractivity contribution in [2.24, 2.45) is 11.7 Å². The number of carbonyl (C=O) groups is 1.